The molecule has 1 aliphatic carbocycles. The predicted octanol–water partition coefficient (Wildman–Crippen LogP) is 5.17. The second kappa shape index (κ2) is 7.34. The number of aromatic nitrogens is 5. The number of aryl methyl sites for hydroxylation is 2. The van der Waals surface area contributed by atoms with Crippen molar-refractivity contribution in [3.63, 3.8) is 0 Å². The van der Waals surface area contributed by atoms with Crippen molar-refractivity contribution in [2.24, 2.45) is 7.05 Å². The predicted molar refractivity (Wildman–Crippen MR) is 124 cm³/mol. The number of nitrogens with zero attached hydrogens (tertiary/aromatic N) is 5. The molecule has 7 nitrogen and oxygen atoms in total. The Bertz CT molecular complexity index is 1490. The fourth-order valence-electron chi connectivity index (χ4n) is 5.32. The first-order valence-corrected chi connectivity index (χ1v) is 11.4. The Hall–Kier alpha value is -3.82. The van der Waals surface area contributed by atoms with E-state index in [0.717, 1.165) is 0 Å². The van der Waals surface area contributed by atoms with Gasteiger partial charge in [0.1, 0.15) is 17.6 Å². The van der Waals surface area contributed by atoms with Gasteiger partial charge in [0.05, 0.1) is 11.4 Å². The van der Waals surface area contributed by atoms with Crippen molar-refractivity contribution in [1.82, 2.24) is 24.5 Å². The summed E-state index contributed by atoms with van der Waals surface area (Å²) in [5.41, 5.74) is 9.74. The summed E-state index contributed by atoms with van der Waals surface area (Å²) in [5, 5.41) is 8.96. The Morgan fingerprint density at radius 2 is 2.00 bits per heavy atom. The summed E-state index contributed by atoms with van der Waals surface area (Å²) < 4.78 is 54.5. The number of hydrogen-bond acceptors (Lipinski definition) is 5. The summed E-state index contributed by atoms with van der Waals surface area (Å²) in [4.78, 5) is 4.28. The van der Waals surface area contributed by atoms with Gasteiger partial charge in [-0.15, -0.1) is 0 Å². The molecule has 180 valence electrons. The molecule has 2 aliphatic rings. The minimum Gasteiger partial charge on any atom is -0.482 e. The van der Waals surface area contributed by atoms with Crippen molar-refractivity contribution in [3.8, 4) is 28.3 Å². The van der Waals surface area contributed by atoms with Crippen LogP contribution in [0.5, 0.6) is 5.75 Å². The van der Waals surface area contributed by atoms with Crippen LogP contribution >= 0.6 is 0 Å². The van der Waals surface area contributed by atoms with E-state index in [1.54, 1.807) is 47.9 Å². The lowest BCUT2D eigenvalue weighted by Crippen LogP contribution is -2.14. The average Bonchev–Trinajstić information content (AvgIpc) is 3.46. The number of alkyl halides is 2. The fourth-order valence-corrected chi connectivity index (χ4v) is 5.32. The second-order valence-electron chi connectivity index (χ2n) is 9.09. The molecule has 4 heterocycles. The minimum absolute atomic E-state index is 0.148. The first-order chi connectivity index (χ1) is 16.7. The molecule has 0 radical (unpaired) electrons. The fraction of sp³-hybridized carbons (Fsp3) is 0.320. The Kier molecular flexibility index (Phi) is 4.55. The highest BCUT2D eigenvalue weighted by Crippen LogP contribution is 2.55. The van der Waals surface area contributed by atoms with Crippen LogP contribution in [0.25, 0.3) is 22.5 Å². The molecule has 2 N–H and O–H groups in total. The van der Waals surface area contributed by atoms with Crippen molar-refractivity contribution in [2.75, 3.05) is 5.73 Å². The van der Waals surface area contributed by atoms with Crippen LogP contribution in [0.4, 0.5) is 19.0 Å². The zero-order chi connectivity index (χ0) is 24.6. The molecule has 10 heteroatoms. The number of ether oxygens (including phenoxy) is 1. The lowest BCUT2D eigenvalue weighted by atomic mass is 9.88. The maximum Gasteiger partial charge on any atom is 0.292 e. The van der Waals surface area contributed by atoms with Crippen LogP contribution in [0.2, 0.25) is 0 Å². The van der Waals surface area contributed by atoms with E-state index >= 15 is 8.78 Å². The van der Waals surface area contributed by atoms with Crippen molar-refractivity contribution < 1.29 is 17.9 Å². The molecule has 0 amide bonds. The van der Waals surface area contributed by atoms with Crippen LogP contribution in [0.15, 0.2) is 36.7 Å². The first kappa shape index (κ1) is 21.7. The van der Waals surface area contributed by atoms with Crippen LogP contribution < -0.4 is 10.5 Å². The zero-order valence-electron chi connectivity index (χ0n) is 19.4. The van der Waals surface area contributed by atoms with Gasteiger partial charge in [-0.3, -0.25) is 9.36 Å². The van der Waals surface area contributed by atoms with Gasteiger partial charge in [0, 0.05) is 66.1 Å². The summed E-state index contributed by atoms with van der Waals surface area (Å²) in [5.74, 6) is -3.80. The number of pyridine rings is 1. The lowest BCUT2D eigenvalue weighted by Gasteiger charge is -2.22. The van der Waals surface area contributed by atoms with E-state index in [2.05, 4.69) is 15.2 Å². The van der Waals surface area contributed by atoms with Crippen LogP contribution in [-0.2, 0) is 19.5 Å². The highest BCUT2D eigenvalue weighted by Gasteiger charge is 2.51. The second-order valence-corrected chi connectivity index (χ2v) is 9.09. The van der Waals surface area contributed by atoms with Gasteiger partial charge < -0.3 is 10.5 Å². The van der Waals surface area contributed by atoms with Crippen molar-refractivity contribution in [2.45, 2.75) is 44.8 Å². The van der Waals surface area contributed by atoms with Crippen LogP contribution in [0.3, 0.4) is 0 Å². The van der Waals surface area contributed by atoms with E-state index < -0.39 is 30.2 Å². The molecule has 1 aromatic carbocycles. The van der Waals surface area contributed by atoms with E-state index in [9.17, 15) is 4.39 Å². The van der Waals surface area contributed by atoms with Crippen LogP contribution in [0.1, 0.15) is 54.7 Å². The molecule has 2 atom stereocenters. The van der Waals surface area contributed by atoms with Gasteiger partial charge in [-0.1, -0.05) is 0 Å². The number of anilines is 1. The van der Waals surface area contributed by atoms with Gasteiger partial charge in [-0.05, 0) is 38.1 Å². The molecule has 0 spiro atoms. The average molecular weight is 480 g/mol. The van der Waals surface area contributed by atoms with Gasteiger partial charge in [0.2, 0.25) is 0 Å². The number of nitrogen functional groups attached to an aromatic ring is 1. The molecule has 0 unspecified atom stereocenters. The minimum atomic E-state index is -3.12. The van der Waals surface area contributed by atoms with Crippen molar-refractivity contribution >= 4 is 5.82 Å². The Balaban J connectivity index is 1.73. The molecule has 3 aromatic heterocycles. The van der Waals surface area contributed by atoms with Crippen LogP contribution in [0, 0.1) is 5.82 Å². The van der Waals surface area contributed by atoms with E-state index in [4.69, 9.17) is 10.5 Å². The molecule has 0 saturated heterocycles. The van der Waals surface area contributed by atoms with Crippen LogP contribution in [-0.4, -0.2) is 24.5 Å². The first-order valence-electron chi connectivity index (χ1n) is 11.4. The highest BCUT2D eigenvalue weighted by molar-refractivity contribution is 5.75. The van der Waals surface area contributed by atoms with E-state index in [0.29, 0.717) is 45.7 Å². The largest absolute Gasteiger partial charge is 0.482 e. The quantitative estimate of drug-likeness (QED) is 0.407. The van der Waals surface area contributed by atoms with E-state index in [-0.39, 0.29) is 17.3 Å². The molecule has 35 heavy (non-hydrogen) atoms. The molecular formula is C25H23F3N6O. The highest BCUT2D eigenvalue weighted by atomic mass is 19.3. The third-order valence-corrected chi connectivity index (χ3v) is 6.84. The van der Waals surface area contributed by atoms with E-state index in [1.165, 1.54) is 12.1 Å². The summed E-state index contributed by atoms with van der Waals surface area (Å²) in [6.07, 6.45) is 2.26. The van der Waals surface area contributed by atoms with Gasteiger partial charge in [0.25, 0.3) is 5.92 Å². The van der Waals surface area contributed by atoms with Gasteiger partial charge >= 0.3 is 0 Å². The van der Waals surface area contributed by atoms with E-state index in [1.807, 2.05) is 6.92 Å². The maximum absolute atomic E-state index is 15.4. The molecule has 1 aliphatic heterocycles. The maximum atomic E-state index is 15.4. The monoisotopic (exact) mass is 480 g/mol. The Labute approximate surface area is 199 Å². The van der Waals surface area contributed by atoms with Gasteiger partial charge in [-0.25, -0.2) is 9.37 Å². The number of hydrogen-bond donors (Lipinski definition) is 1. The molecular weight excluding hydrogens is 457 g/mol. The standard InChI is InChI=1S/C25H23F3N6O/c1-4-34-22-13-7-19(24(29)30-10-13)35-12(2)16-8-14(26)5-6-15(16)21-18(11-33(3)31-21)17-9-25(27,28)23(32-34)20(17)22/h5-8,10-12,17H,4,9H2,1-3H3,(H2,29,30)/t12-,17-/m1/s1. The number of nitrogens with two attached hydrogens (primary N) is 1. The normalized spacial score (nSPS) is 19.7. The Morgan fingerprint density at radius 1 is 1.20 bits per heavy atom. The summed E-state index contributed by atoms with van der Waals surface area (Å²) in [6, 6.07) is 6.03. The van der Waals surface area contributed by atoms with Crippen molar-refractivity contribution in [3.05, 3.63) is 64.9 Å². The smallest absolute Gasteiger partial charge is 0.292 e. The molecule has 2 bridgehead atoms. The lowest BCUT2D eigenvalue weighted by molar-refractivity contribution is -0.00986. The SMILES string of the molecule is CCn1nc2c3c1-c1cnc(N)c(c1)O[C@H](C)c1cc(F)ccc1-c1nn(C)cc1[C@H]3CC2(F)F. The molecule has 6 rings (SSSR count). The molecule has 4 aromatic rings. The van der Waals surface area contributed by atoms with Gasteiger partial charge in [-0.2, -0.15) is 19.0 Å². The number of halogens is 3. The number of rotatable bonds is 1. The molecule has 0 saturated carbocycles. The summed E-state index contributed by atoms with van der Waals surface area (Å²) in [6.45, 7) is 4.03. The Morgan fingerprint density at radius 3 is 2.77 bits per heavy atom. The number of fused-ring (bicyclic) bond motifs is 7. The summed E-state index contributed by atoms with van der Waals surface area (Å²) >= 11 is 0. The van der Waals surface area contributed by atoms with Gasteiger partial charge in [0.15, 0.2) is 11.6 Å². The zero-order valence-corrected chi connectivity index (χ0v) is 19.4. The summed E-state index contributed by atoms with van der Waals surface area (Å²) in [7, 11) is 1.74. The third kappa shape index (κ3) is 3.15. The topological polar surface area (TPSA) is 83.8 Å². The van der Waals surface area contributed by atoms with Crippen molar-refractivity contribution in [1.29, 1.82) is 0 Å². The molecule has 0 fully saturated rings. The number of benzene rings is 1. The third-order valence-electron chi connectivity index (χ3n) is 6.84.